The zero-order valence-corrected chi connectivity index (χ0v) is 29.0. The molecule has 0 saturated carbocycles. The number of halogens is 1. The van der Waals surface area contributed by atoms with Crippen LogP contribution in [-0.2, 0) is 32.6 Å². The number of anilines is 1. The Balaban J connectivity index is 1.82. The van der Waals surface area contributed by atoms with Gasteiger partial charge in [0.25, 0.3) is 10.0 Å². The van der Waals surface area contributed by atoms with E-state index in [0.29, 0.717) is 17.3 Å². The van der Waals surface area contributed by atoms with Gasteiger partial charge in [-0.05, 0) is 72.9 Å². The smallest absolute Gasteiger partial charge is 0.264 e. The second kappa shape index (κ2) is 16.0. The van der Waals surface area contributed by atoms with Gasteiger partial charge in [0.05, 0.1) is 17.7 Å². The van der Waals surface area contributed by atoms with Crippen molar-refractivity contribution in [1.29, 1.82) is 0 Å². The Bertz CT molecular complexity index is 1780. The lowest BCUT2D eigenvalue weighted by Crippen LogP contribution is -2.53. The lowest BCUT2D eigenvalue weighted by atomic mass is 10.0. The van der Waals surface area contributed by atoms with Gasteiger partial charge in [0.2, 0.25) is 11.8 Å². The number of carbonyl (C=O) groups excluding carboxylic acids is 2. The Morgan fingerprint density at radius 1 is 0.872 bits per heavy atom. The average molecular weight is 676 g/mol. The zero-order chi connectivity index (χ0) is 34.1. The lowest BCUT2D eigenvalue weighted by Gasteiger charge is -2.34. The molecule has 0 aliphatic heterocycles. The Morgan fingerprint density at radius 2 is 1.55 bits per heavy atom. The van der Waals surface area contributed by atoms with Crippen molar-refractivity contribution in [3.63, 3.8) is 0 Å². The first kappa shape index (κ1) is 35.5. The summed E-state index contributed by atoms with van der Waals surface area (Å²) in [6.07, 6.45) is 0.224. The quantitative estimate of drug-likeness (QED) is 0.163. The molecule has 0 saturated heterocycles. The van der Waals surface area contributed by atoms with Gasteiger partial charge in [-0.2, -0.15) is 0 Å². The van der Waals surface area contributed by atoms with Crippen LogP contribution in [0.25, 0.3) is 0 Å². The third kappa shape index (κ3) is 9.36. The van der Waals surface area contributed by atoms with Gasteiger partial charge in [0, 0.05) is 24.5 Å². The van der Waals surface area contributed by atoms with Crippen LogP contribution in [0.3, 0.4) is 0 Å². The summed E-state index contributed by atoms with van der Waals surface area (Å²) in [7, 11) is -2.68. The first-order chi connectivity index (χ1) is 22.4. The van der Waals surface area contributed by atoms with Crippen LogP contribution in [0.4, 0.5) is 5.69 Å². The number of ether oxygens (including phenoxy) is 1. The van der Waals surface area contributed by atoms with Gasteiger partial charge in [-0.1, -0.05) is 91.7 Å². The van der Waals surface area contributed by atoms with Crippen molar-refractivity contribution in [2.75, 3.05) is 24.5 Å². The van der Waals surface area contributed by atoms with Crippen LogP contribution < -0.4 is 14.4 Å². The minimum atomic E-state index is -4.23. The molecule has 4 aromatic carbocycles. The lowest BCUT2D eigenvalue weighted by molar-refractivity contribution is -0.140. The molecular weight excluding hydrogens is 634 g/mol. The molecular formula is C37H42ClN3O5S. The molecule has 0 bridgehead atoms. The molecule has 10 heteroatoms. The number of hydrogen-bond acceptors (Lipinski definition) is 5. The first-order valence-electron chi connectivity index (χ1n) is 15.5. The Morgan fingerprint density at radius 3 is 2.19 bits per heavy atom. The second-order valence-corrected chi connectivity index (χ2v) is 14.2. The molecule has 47 heavy (non-hydrogen) atoms. The molecule has 0 heterocycles. The minimum Gasteiger partial charge on any atom is -0.497 e. The number of benzene rings is 4. The molecule has 1 atom stereocenters. The SMILES string of the molecule is COc1cccc(CN(C(=O)CN(c2ccc(C)c(Cl)c2)S(=O)(=O)c2ccc(C)cc2)[C@H](Cc2ccccc2)C(=O)NCC(C)C)c1. The summed E-state index contributed by atoms with van der Waals surface area (Å²) in [5.41, 5.74) is 3.47. The van der Waals surface area contributed by atoms with E-state index in [2.05, 4.69) is 5.32 Å². The molecule has 0 aliphatic rings. The summed E-state index contributed by atoms with van der Waals surface area (Å²) in [4.78, 5) is 30.0. The van der Waals surface area contributed by atoms with E-state index < -0.39 is 28.5 Å². The number of carbonyl (C=O) groups is 2. The van der Waals surface area contributed by atoms with E-state index in [1.807, 2.05) is 70.2 Å². The third-order valence-electron chi connectivity index (χ3n) is 7.77. The van der Waals surface area contributed by atoms with Crippen LogP contribution in [-0.4, -0.2) is 51.4 Å². The Kier molecular flexibility index (Phi) is 12.1. The fourth-order valence-electron chi connectivity index (χ4n) is 5.05. The summed E-state index contributed by atoms with van der Waals surface area (Å²) in [6.45, 7) is 7.55. The van der Waals surface area contributed by atoms with Gasteiger partial charge in [-0.3, -0.25) is 13.9 Å². The van der Waals surface area contributed by atoms with E-state index in [1.165, 1.54) is 17.0 Å². The summed E-state index contributed by atoms with van der Waals surface area (Å²) < 4.78 is 35.0. The molecule has 0 fully saturated rings. The predicted molar refractivity (Wildman–Crippen MR) is 187 cm³/mol. The number of aryl methyl sites for hydroxylation is 2. The van der Waals surface area contributed by atoms with Crippen LogP contribution in [0.2, 0.25) is 5.02 Å². The van der Waals surface area contributed by atoms with Crippen molar-refractivity contribution in [2.45, 2.75) is 51.6 Å². The normalized spacial score (nSPS) is 12.0. The second-order valence-electron chi connectivity index (χ2n) is 12.0. The van der Waals surface area contributed by atoms with E-state index in [-0.39, 0.29) is 35.4 Å². The highest BCUT2D eigenvalue weighted by molar-refractivity contribution is 7.92. The van der Waals surface area contributed by atoms with Gasteiger partial charge >= 0.3 is 0 Å². The van der Waals surface area contributed by atoms with E-state index in [9.17, 15) is 18.0 Å². The molecule has 248 valence electrons. The van der Waals surface area contributed by atoms with E-state index in [1.54, 1.807) is 49.6 Å². The number of nitrogens with one attached hydrogen (secondary N) is 1. The maximum absolute atomic E-state index is 14.6. The highest BCUT2D eigenvalue weighted by Crippen LogP contribution is 2.29. The number of hydrogen-bond donors (Lipinski definition) is 1. The Hall–Kier alpha value is -4.34. The molecule has 0 radical (unpaired) electrons. The first-order valence-corrected chi connectivity index (χ1v) is 17.3. The van der Waals surface area contributed by atoms with E-state index in [4.69, 9.17) is 16.3 Å². The van der Waals surface area contributed by atoms with Crippen LogP contribution in [0.15, 0.2) is 102 Å². The Labute approximate surface area is 283 Å². The fourth-order valence-corrected chi connectivity index (χ4v) is 6.63. The molecule has 4 aromatic rings. The van der Waals surface area contributed by atoms with Crippen molar-refractivity contribution in [3.8, 4) is 5.75 Å². The van der Waals surface area contributed by atoms with Crippen LogP contribution in [0.1, 0.15) is 36.1 Å². The maximum Gasteiger partial charge on any atom is 0.264 e. The third-order valence-corrected chi connectivity index (χ3v) is 9.97. The molecule has 4 rings (SSSR count). The zero-order valence-electron chi connectivity index (χ0n) is 27.4. The summed E-state index contributed by atoms with van der Waals surface area (Å²) in [5, 5.41) is 3.36. The van der Waals surface area contributed by atoms with Crippen molar-refractivity contribution < 1.29 is 22.7 Å². The number of rotatable bonds is 14. The molecule has 0 spiro atoms. The summed E-state index contributed by atoms with van der Waals surface area (Å²) in [5.74, 6) is -0.108. The number of nitrogens with zero attached hydrogens (tertiary/aromatic N) is 2. The van der Waals surface area contributed by atoms with E-state index in [0.717, 1.165) is 26.6 Å². The van der Waals surface area contributed by atoms with E-state index >= 15 is 0 Å². The van der Waals surface area contributed by atoms with Crippen molar-refractivity contribution in [2.24, 2.45) is 5.92 Å². The maximum atomic E-state index is 14.6. The monoisotopic (exact) mass is 675 g/mol. The van der Waals surface area contributed by atoms with Crippen molar-refractivity contribution in [3.05, 3.63) is 124 Å². The number of sulfonamides is 1. The van der Waals surface area contributed by atoms with Crippen molar-refractivity contribution in [1.82, 2.24) is 10.2 Å². The summed E-state index contributed by atoms with van der Waals surface area (Å²) in [6, 6.07) is 27.1. The highest BCUT2D eigenvalue weighted by atomic mass is 35.5. The highest BCUT2D eigenvalue weighted by Gasteiger charge is 2.35. The molecule has 2 amide bonds. The molecule has 1 N–H and O–H groups in total. The van der Waals surface area contributed by atoms with Crippen molar-refractivity contribution >= 4 is 39.1 Å². The molecule has 8 nitrogen and oxygen atoms in total. The minimum absolute atomic E-state index is 0.0301. The standard InChI is InChI=1S/C37H42ClN3O5S/c1-26(2)23-39-37(43)35(21-29-10-7-6-8-11-29)40(24-30-12-9-13-32(20-30)46-5)36(42)25-41(31-17-16-28(4)34(38)22-31)47(44,45)33-18-14-27(3)15-19-33/h6-20,22,26,35H,21,23-25H2,1-5H3,(H,39,43)/t35-/m1/s1. The van der Waals surface area contributed by atoms with Crippen LogP contribution in [0, 0.1) is 19.8 Å². The fraction of sp³-hybridized carbons (Fsp3) is 0.297. The van der Waals surface area contributed by atoms with Crippen LogP contribution in [0.5, 0.6) is 5.75 Å². The van der Waals surface area contributed by atoms with Gasteiger partial charge < -0.3 is 15.0 Å². The topological polar surface area (TPSA) is 96.0 Å². The predicted octanol–water partition coefficient (Wildman–Crippen LogP) is 6.57. The molecule has 0 aliphatic carbocycles. The molecule has 0 aromatic heterocycles. The number of methoxy groups -OCH3 is 1. The van der Waals surface area contributed by atoms with Gasteiger partial charge in [0.15, 0.2) is 0 Å². The van der Waals surface area contributed by atoms with Gasteiger partial charge in [-0.15, -0.1) is 0 Å². The van der Waals surface area contributed by atoms with Gasteiger partial charge in [0.1, 0.15) is 18.3 Å². The van der Waals surface area contributed by atoms with Crippen LogP contribution >= 0.6 is 11.6 Å². The average Bonchev–Trinajstić information content (AvgIpc) is 3.06. The van der Waals surface area contributed by atoms with Gasteiger partial charge in [-0.25, -0.2) is 8.42 Å². The largest absolute Gasteiger partial charge is 0.497 e. The molecule has 0 unspecified atom stereocenters. The number of amides is 2. The summed E-state index contributed by atoms with van der Waals surface area (Å²) >= 11 is 6.47.